The minimum Gasteiger partial charge on any atom is -0.381 e. The first-order valence-electron chi connectivity index (χ1n) is 6.56. The summed E-state index contributed by atoms with van der Waals surface area (Å²) in [5.41, 5.74) is 1.46. The number of halogens is 1. The van der Waals surface area contributed by atoms with E-state index in [2.05, 4.69) is 46.3 Å². The predicted octanol–water partition coefficient (Wildman–Crippen LogP) is 4.06. The molecular weight excluding hydrogens is 276 g/mol. The van der Waals surface area contributed by atoms with Crippen molar-refractivity contribution in [2.75, 3.05) is 18.5 Å². The fourth-order valence-electron chi connectivity index (χ4n) is 2.60. The molecule has 0 amide bonds. The molecule has 1 aliphatic rings. The zero-order valence-corrected chi connectivity index (χ0v) is 11.9. The number of benzene rings is 1. The quantitative estimate of drug-likeness (QED) is 0.745. The van der Waals surface area contributed by atoms with Crippen LogP contribution < -0.4 is 0 Å². The zero-order valence-electron chi connectivity index (χ0n) is 10.3. The molecule has 1 saturated heterocycles. The van der Waals surface area contributed by atoms with Gasteiger partial charge in [-0.3, -0.25) is 0 Å². The molecule has 2 heteroatoms. The molecule has 1 aromatic carbocycles. The Morgan fingerprint density at radius 1 is 1.18 bits per heavy atom. The maximum atomic E-state index is 5.42. The van der Waals surface area contributed by atoms with Gasteiger partial charge in [-0.25, -0.2) is 0 Å². The lowest BCUT2D eigenvalue weighted by molar-refractivity contribution is 0.0596. The van der Waals surface area contributed by atoms with Crippen molar-refractivity contribution in [2.45, 2.75) is 25.7 Å². The third-order valence-corrected chi connectivity index (χ3v) is 4.51. The lowest BCUT2D eigenvalue weighted by Gasteiger charge is -2.25. The number of ether oxygens (including phenoxy) is 1. The van der Waals surface area contributed by atoms with Gasteiger partial charge in [-0.1, -0.05) is 46.3 Å². The van der Waals surface area contributed by atoms with E-state index in [0.717, 1.165) is 30.4 Å². The van der Waals surface area contributed by atoms with Gasteiger partial charge in [0.25, 0.3) is 0 Å². The molecular formula is C15H21BrO. The van der Waals surface area contributed by atoms with E-state index < -0.39 is 0 Å². The van der Waals surface area contributed by atoms with E-state index in [-0.39, 0.29) is 0 Å². The molecule has 94 valence electrons. The van der Waals surface area contributed by atoms with Crippen molar-refractivity contribution < 1.29 is 4.74 Å². The van der Waals surface area contributed by atoms with Crippen LogP contribution in [0.3, 0.4) is 0 Å². The summed E-state index contributed by atoms with van der Waals surface area (Å²) in [6.07, 6.45) is 5.03. The van der Waals surface area contributed by atoms with Crippen LogP contribution >= 0.6 is 15.9 Å². The summed E-state index contributed by atoms with van der Waals surface area (Å²) in [6, 6.07) is 10.8. The first kappa shape index (κ1) is 13.1. The molecule has 1 aromatic rings. The zero-order chi connectivity index (χ0) is 11.9. The molecule has 0 spiro atoms. The minimum absolute atomic E-state index is 0.764. The Bertz CT molecular complexity index is 306. The molecule has 0 N–H and O–H groups in total. The molecule has 1 fully saturated rings. The van der Waals surface area contributed by atoms with Gasteiger partial charge in [0.15, 0.2) is 0 Å². The molecule has 1 heterocycles. The van der Waals surface area contributed by atoms with Gasteiger partial charge in [0.05, 0.1) is 0 Å². The third kappa shape index (κ3) is 4.44. The SMILES string of the molecule is BrCC(Cc1ccccc1)CC1CCOCC1. The first-order chi connectivity index (χ1) is 8.38. The summed E-state index contributed by atoms with van der Waals surface area (Å²) in [5, 5.41) is 1.11. The van der Waals surface area contributed by atoms with Gasteiger partial charge in [-0.05, 0) is 43.1 Å². The standard InChI is InChI=1S/C15H21BrO/c16-12-15(10-13-4-2-1-3-5-13)11-14-6-8-17-9-7-14/h1-5,14-15H,6-12H2. The molecule has 1 nitrogen and oxygen atoms in total. The number of hydrogen-bond donors (Lipinski definition) is 0. The summed E-state index contributed by atoms with van der Waals surface area (Å²) in [7, 11) is 0. The second kappa shape index (κ2) is 7.17. The average molecular weight is 297 g/mol. The van der Waals surface area contributed by atoms with Gasteiger partial charge in [0.2, 0.25) is 0 Å². The fourth-order valence-corrected chi connectivity index (χ4v) is 3.10. The number of alkyl halides is 1. The van der Waals surface area contributed by atoms with E-state index in [0.29, 0.717) is 0 Å². The fraction of sp³-hybridized carbons (Fsp3) is 0.600. The molecule has 0 bridgehead atoms. The van der Waals surface area contributed by atoms with Crippen LogP contribution in [0.1, 0.15) is 24.8 Å². The highest BCUT2D eigenvalue weighted by molar-refractivity contribution is 9.09. The maximum absolute atomic E-state index is 5.42. The van der Waals surface area contributed by atoms with E-state index in [1.54, 1.807) is 0 Å². The Kier molecular flexibility index (Phi) is 5.53. The van der Waals surface area contributed by atoms with Crippen molar-refractivity contribution in [1.82, 2.24) is 0 Å². The summed E-state index contributed by atoms with van der Waals surface area (Å²) < 4.78 is 5.42. The number of hydrogen-bond acceptors (Lipinski definition) is 1. The van der Waals surface area contributed by atoms with Crippen molar-refractivity contribution in [2.24, 2.45) is 11.8 Å². The van der Waals surface area contributed by atoms with E-state index >= 15 is 0 Å². The Hall–Kier alpha value is -0.340. The first-order valence-corrected chi connectivity index (χ1v) is 7.68. The lowest BCUT2D eigenvalue weighted by Crippen LogP contribution is -2.20. The van der Waals surface area contributed by atoms with Gasteiger partial charge in [0.1, 0.15) is 0 Å². The van der Waals surface area contributed by atoms with Crippen LogP contribution in [0.25, 0.3) is 0 Å². The molecule has 17 heavy (non-hydrogen) atoms. The molecule has 1 atom stereocenters. The van der Waals surface area contributed by atoms with Crippen LogP contribution in [0.5, 0.6) is 0 Å². The average Bonchev–Trinajstić information content (AvgIpc) is 2.40. The smallest absolute Gasteiger partial charge is 0.0468 e. The Labute approximate surface area is 113 Å². The van der Waals surface area contributed by atoms with Gasteiger partial charge in [0, 0.05) is 18.5 Å². The normalized spacial score (nSPS) is 19.1. The van der Waals surface area contributed by atoms with Crippen LogP contribution in [0.15, 0.2) is 30.3 Å². The van der Waals surface area contributed by atoms with Crippen LogP contribution in [0.2, 0.25) is 0 Å². The van der Waals surface area contributed by atoms with Crippen LogP contribution in [-0.2, 0) is 11.2 Å². The summed E-state index contributed by atoms with van der Waals surface area (Å²) in [6.45, 7) is 1.93. The molecule has 0 saturated carbocycles. The third-order valence-electron chi connectivity index (χ3n) is 3.59. The van der Waals surface area contributed by atoms with Crippen molar-refractivity contribution in [3.8, 4) is 0 Å². The van der Waals surface area contributed by atoms with Gasteiger partial charge < -0.3 is 4.74 Å². The van der Waals surface area contributed by atoms with Crippen molar-refractivity contribution in [3.05, 3.63) is 35.9 Å². The van der Waals surface area contributed by atoms with E-state index in [1.807, 2.05) is 0 Å². The topological polar surface area (TPSA) is 9.23 Å². The lowest BCUT2D eigenvalue weighted by atomic mass is 9.87. The summed E-state index contributed by atoms with van der Waals surface area (Å²) >= 11 is 3.67. The van der Waals surface area contributed by atoms with Crippen molar-refractivity contribution >= 4 is 15.9 Å². The van der Waals surface area contributed by atoms with E-state index in [1.165, 1.54) is 31.2 Å². The van der Waals surface area contributed by atoms with Crippen LogP contribution in [0, 0.1) is 11.8 Å². The molecule has 0 aromatic heterocycles. The monoisotopic (exact) mass is 296 g/mol. The maximum Gasteiger partial charge on any atom is 0.0468 e. The molecule has 1 unspecified atom stereocenters. The second-order valence-electron chi connectivity index (χ2n) is 5.00. The molecule has 0 aliphatic carbocycles. The summed E-state index contributed by atoms with van der Waals surface area (Å²) in [5.74, 6) is 1.63. The highest BCUT2D eigenvalue weighted by atomic mass is 79.9. The highest BCUT2D eigenvalue weighted by Gasteiger charge is 2.18. The minimum atomic E-state index is 0.764. The second-order valence-corrected chi connectivity index (χ2v) is 5.65. The van der Waals surface area contributed by atoms with Crippen molar-refractivity contribution in [1.29, 1.82) is 0 Å². The molecule has 0 radical (unpaired) electrons. The molecule has 1 aliphatic heterocycles. The predicted molar refractivity (Wildman–Crippen MR) is 75.6 cm³/mol. The molecule has 2 rings (SSSR count). The van der Waals surface area contributed by atoms with Crippen LogP contribution in [0.4, 0.5) is 0 Å². The summed E-state index contributed by atoms with van der Waals surface area (Å²) in [4.78, 5) is 0. The Morgan fingerprint density at radius 2 is 1.88 bits per heavy atom. The van der Waals surface area contributed by atoms with Gasteiger partial charge >= 0.3 is 0 Å². The van der Waals surface area contributed by atoms with Gasteiger partial charge in [-0.2, -0.15) is 0 Å². The Morgan fingerprint density at radius 3 is 2.53 bits per heavy atom. The Balaban J connectivity index is 1.83. The number of rotatable bonds is 5. The largest absolute Gasteiger partial charge is 0.381 e. The van der Waals surface area contributed by atoms with Crippen LogP contribution in [-0.4, -0.2) is 18.5 Å². The van der Waals surface area contributed by atoms with E-state index in [4.69, 9.17) is 4.74 Å². The van der Waals surface area contributed by atoms with E-state index in [9.17, 15) is 0 Å². The van der Waals surface area contributed by atoms with Crippen molar-refractivity contribution in [3.63, 3.8) is 0 Å². The highest BCUT2D eigenvalue weighted by Crippen LogP contribution is 2.26. The van der Waals surface area contributed by atoms with Gasteiger partial charge in [-0.15, -0.1) is 0 Å².